The summed E-state index contributed by atoms with van der Waals surface area (Å²) < 4.78 is 14.9. The zero-order valence-corrected chi connectivity index (χ0v) is 23.6. The van der Waals surface area contributed by atoms with Crippen LogP contribution >= 0.6 is 0 Å². The lowest BCUT2D eigenvalue weighted by Crippen LogP contribution is -2.48. The van der Waals surface area contributed by atoms with Gasteiger partial charge in [0.1, 0.15) is 5.82 Å². The third kappa shape index (κ3) is 6.13. The van der Waals surface area contributed by atoms with E-state index < -0.39 is 0 Å². The van der Waals surface area contributed by atoms with Gasteiger partial charge in [0.15, 0.2) is 0 Å². The Hall–Kier alpha value is -3.10. The number of piperazine rings is 2. The van der Waals surface area contributed by atoms with Crippen molar-refractivity contribution in [2.45, 2.75) is 51.1 Å². The summed E-state index contributed by atoms with van der Waals surface area (Å²) in [7, 11) is 2.21. The second-order valence-electron chi connectivity index (χ2n) is 11.9. The monoisotopic (exact) mass is 541 g/mol. The molecule has 3 aromatic rings. The first-order valence-corrected chi connectivity index (χ1v) is 14.6. The molecule has 0 saturated carbocycles. The van der Waals surface area contributed by atoms with Crippen molar-refractivity contribution in [3.05, 3.63) is 94.8 Å². The van der Waals surface area contributed by atoms with Crippen LogP contribution in [0.1, 0.15) is 40.4 Å². The molecule has 6 nitrogen and oxygen atoms in total. The van der Waals surface area contributed by atoms with Crippen LogP contribution in [0.2, 0.25) is 0 Å². The molecular weight excluding hydrogens is 501 g/mol. The van der Waals surface area contributed by atoms with E-state index in [1.54, 1.807) is 6.07 Å². The zero-order valence-electron chi connectivity index (χ0n) is 23.6. The molecule has 2 bridgehead atoms. The number of benzene rings is 3. The maximum Gasteiger partial charge on any atom is 0.251 e. The minimum atomic E-state index is -0.252. The van der Waals surface area contributed by atoms with Crippen LogP contribution in [0.4, 0.5) is 4.39 Å². The van der Waals surface area contributed by atoms with Crippen LogP contribution < -0.4 is 10.6 Å². The fraction of sp³-hybridized carbons (Fsp3) is 0.424. The van der Waals surface area contributed by atoms with Crippen molar-refractivity contribution in [3.63, 3.8) is 0 Å². The maximum atomic E-state index is 14.9. The molecule has 3 aromatic carbocycles. The molecule has 40 heavy (non-hydrogen) atoms. The molecule has 1 amide bonds. The van der Waals surface area contributed by atoms with E-state index in [1.807, 2.05) is 36.4 Å². The lowest BCUT2D eigenvalue weighted by molar-refractivity contribution is 0.0950. The predicted octanol–water partition coefficient (Wildman–Crippen LogP) is 4.10. The lowest BCUT2D eigenvalue weighted by Gasteiger charge is -2.31. The third-order valence-corrected chi connectivity index (χ3v) is 8.78. The Morgan fingerprint density at radius 3 is 2.55 bits per heavy atom. The molecular formula is C33H40FN5O. The number of nitrogens with zero attached hydrogens (tertiary/aromatic N) is 3. The number of likely N-dealkylation sites (tertiary alicyclic amines) is 2. The van der Waals surface area contributed by atoms with Crippen molar-refractivity contribution in [1.82, 2.24) is 25.3 Å². The van der Waals surface area contributed by atoms with Gasteiger partial charge in [0.05, 0.1) is 0 Å². The lowest BCUT2D eigenvalue weighted by atomic mass is 10.00. The van der Waals surface area contributed by atoms with Crippen molar-refractivity contribution in [2.75, 3.05) is 39.8 Å². The Balaban J connectivity index is 1.09. The summed E-state index contributed by atoms with van der Waals surface area (Å²) in [5, 5.41) is 6.52. The Bertz CT molecular complexity index is 1360. The highest BCUT2D eigenvalue weighted by atomic mass is 19.1. The van der Waals surface area contributed by atoms with Crippen LogP contribution in [0.5, 0.6) is 0 Å². The Labute approximate surface area is 237 Å². The first-order chi connectivity index (χ1) is 19.4. The molecule has 210 valence electrons. The second kappa shape index (κ2) is 11.8. The number of amides is 1. The van der Waals surface area contributed by atoms with E-state index >= 15 is 0 Å². The first-order valence-electron chi connectivity index (χ1n) is 14.6. The molecule has 0 unspecified atom stereocenters. The Morgan fingerprint density at radius 1 is 0.950 bits per heavy atom. The highest BCUT2D eigenvalue weighted by Crippen LogP contribution is 2.30. The van der Waals surface area contributed by atoms with Crippen LogP contribution in [-0.2, 0) is 19.6 Å². The molecule has 0 spiro atoms. The number of hydrogen-bond acceptors (Lipinski definition) is 5. The molecule has 3 fully saturated rings. The molecule has 3 aliphatic rings. The molecule has 7 heteroatoms. The number of carbonyl (C=O) groups is 1. The number of carbonyl (C=O) groups excluding carboxylic acids is 1. The number of fused-ring (bicyclic) bond motifs is 2. The molecule has 0 aliphatic carbocycles. The molecule has 3 heterocycles. The van der Waals surface area contributed by atoms with E-state index in [2.05, 4.69) is 57.5 Å². The van der Waals surface area contributed by atoms with Crippen molar-refractivity contribution < 1.29 is 9.18 Å². The summed E-state index contributed by atoms with van der Waals surface area (Å²) in [6.07, 6.45) is 1.25. The van der Waals surface area contributed by atoms with Gasteiger partial charge in [0.2, 0.25) is 0 Å². The van der Waals surface area contributed by atoms with Crippen LogP contribution in [0.25, 0.3) is 11.1 Å². The fourth-order valence-electron chi connectivity index (χ4n) is 6.63. The van der Waals surface area contributed by atoms with Gasteiger partial charge in [-0.1, -0.05) is 36.4 Å². The van der Waals surface area contributed by atoms with Crippen LogP contribution in [0, 0.1) is 5.82 Å². The minimum Gasteiger partial charge on any atom is -0.348 e. The number of nitrogens with one attached hydrogen (secondary N) is 2. The number of rotatable bonds is 8. The molecule has 3 aliphatic heterocycles. The van der Waals surface area contributed by atoms with Gasteiger partial charge >= 0.3 is 0 Å². The molecule has 0 radical (unpaired) electrons. The smallest absolute Gasteiger partial charge is 0.251 e. The van der Waals surface area contributed by atoms with Gasteiger partial charge in [0.25, 0.3) is 5.91 Å². The van der Waals surface area contributed by atoms with Crippen molar-refractivity contribution in [1.29, 1.82) is 0 Å². The fourth-order valence-corrected chi connectivity index (χ4v) is 6.63. The zero-order chi connectivity index (χ0) is 27.6. The summed E-state index contributed by atoms with van der Waals surface area (Å²) in [5.74, 6) is -0.361. The molecule has 2 N–H and O–H groups in total. The summed E-state index contributed by atoms with van der Waals surface area (Å²) in [6.45, 7) is 9.52. The van der Waals surface area contributed by atoms with Gasteiger partial charge in [-0.15, -0.1) is 0 Å². The largest absolute Gasteiger partial charge is 0.348 e. The minimum absolute atomic E-state index is 0.109. The summed E-state index contributed by atoms with van der Waals surface area (Å²) >= 11 is 0. The summed E-state index contributed by atoms with van der Waals surface area (Å²) in [6, 6.07) is 23.0. The van der Waals surface area contributed by atoms with Gasteiger partial charge in [-0.25, -0.2) is 4.39 Å². The highest BCUT2D eigenvalue weighted by Gasteiger charge is 2.41. The Kier molecular flexibility index (Phi) is 7.98. The molecule has 6 rings (SSSR count). The van der Waals surface area contributed by atoms with Crippen LogP contribution in [-0.4, -0.2) is 78.5 Å². The van der Waals surface area contributed by atoms with E-state index in [-0.39, 0.29) is 11.7 Å². The summed E-state index contributed by atoms with van der Waals surface area (Å²) in [4.78, 5) is 20.5. The molecule has 3 atom stereocenters. The molecule has 0 aromatic heterocycles. The number of likely N-dealkylation sites (N-methyl/N-ethyl adjacent to an activating group) is 1. The van der Waals surface area contributed by atoms with Crippen LogP contribution in [0.15, 0.2) is 66.7 Å². The quantitative estimate of drug-likeness (QED) is 0.450. The number of hydrogen-bond donors (Lipinski definition) is 2. The highest BCUT2D eigenvalue weighted by molar-refractivity contribution is 5.94. The standard InChI is InChI=1S/C33H40FN5O/c1-23-18-38(12-11-35-23)19-25-5-3-7-27(13-25)31-15-24(9-10-32(31)34)17-36-33(40)28-8-4-6-26(14-28)20-39-22-29-16-30(39)21-37(29)2/h3-10,13-15,23,29-30,35H,11-12,16-22H2,1-2H3,(H,36,40)/t23-,29+,30+/m0/s1. The van der Waals surface area contributed by atoms with Crippen molar-refractivity contribution in [3.8, 4) is 11.1 Å². The topological polar surface area (TPSA) is 50.9 Å². The molecule has 3 saturated heterocycles. The van der Waals surface area contributed by atoms with Gasteiger partial charge in [0, 0.05) is 81.6 Å². The van der Waals surface area contributed by atoms with E-state index in [4.69, 9.17) is 0 Å². The van der Waals surface area contributed by atoms with Crippen molar-refractivity contribution in [2.24, 2.45) is 0 Å². The van der Waals surface area contributed by atoms with Crippen molar-refractivity contribution >= 4 is 5.91 Å². The normalized spacial score (nSPS) is 23.5. The maximum absolute atomic E-state index is 14.9. The second-order valence-corrected chi connectivity index (χ2v) is 11.9. The predicted molar refractivity (Wildman–Crippen MR) is 157 cm³/mol. The van der Waals surface area contributed by atoms with Crippen LogP contribution in [0.3, 0.4) is 0 Å². The van der Waals surface area contributed by atoms with E-state index in [9.17, 15) is 9.18 Å². The van der Waals surface area contributed by atoms with Gasteiger partial charge in [-0.2, -0.15) is 0 Å². The SMILES string of the molecule is C[C@H]1CN(Cc2cccc(-c3cc(CNC(=O)c4cccc(CN5C[C@H]6C[C@@H]5CN6C)c4)ccc3F)c2)CCN1. The van der Waals surface area contributed by atoms with E-state index in [0.29, 0.717) is 35.8 Å². The van der Waals surface area contributed by atoms with Gasteiger partial charge in [-0.05, 0) is 73.0 Å². The average Bonchev–Trinajstić information content (AvgIpc) is 3.52. The Morgan fingerprint density at radius 2 is 1.77 bits per heavy atom. The number of halogens is 1. The van der Waals surface area contributed by atoms with E-state index in [0.717, 1.165) is 56.9 Å². The van der Waals surface area contributed by atoms with E-state index in [1.165, 1.54) is 23.6 Å². The third-order valence-electron chi connectivity index (χ3n) is 8.78. The first kappa shape index (κ1) is 27.1. The van der Waals surface area contributed by atoms with Gasteiger partial charge < -0.3 is 15.5 Å². The summed E-state index contributed by atoms with van der Waals surface area (Å²) in [5.41, 5.74) is 5.31. The van der Waals surface area contributed by atoms with Gasteiger partial charge in [-0.3, -0.25) is 14.6 Å². The average molecular weight is 542 g/mol.